The van der Waals surface area contributed by atoms with E-state index in [9.17, 15) is 13.6 Å². The van der Waals surface area contributed by atoms with Gasteiger partial charge in [-0.2, -0.15) is 0 Å². The van der Waals surface area contributed by atoms with Gasteiger partial charge in [0.15, 0.2) is 6.29 Å². The van der Waals surface area contributed by atoms with Crippen molar-refractivity contribution in [2.75, 3.05) is 5.73 Å². The highest BCUT2D eigenvalue weighted by atomic mass is 19.3. The molecule has 0 aliphatic heterocycles. The number of hydrogen-bond donors (Lipinski definition) is 1. The van der Waals surface area contributed by atoms with Crippen LogP contribution < -0.4 is 5.73 Å². The lowest BCUT2D eigenvalue weighted by atomic mass is 10.1. The molecule has 0 unspecified atom stereocenters. The minimum absolute atomic E-state index is 0.0689. The maximum absolute atomic E-state index is 12.3. The predicted octanol–water partition coefficient (Wildman–Crippen LogP) is 1.72. The van der Waals surface area contributed by atoms with E-state index in [0.29, 0.717) is 6.29 Å². The topological polar surface area (TPSA) is 56.0 Å². The minimum Gasteiger partial charge on any atom is -0.398 e. The number of aryl methyl sites for hydroxylation is 1. The average Bonchev–Trinajstić information content (AvgIpc) is 2.02. The first-order valence-corrected chi connectivity index (χ1v) is 3.56. The number of carbonyl (C=O) groups excluding carboxylic acids is 1. The van der Waals surface area contributed by atoms with Gasteiger partial charge in [-0.15, -0.1) is 0 Å². The summed E-state index contributed by atoms with van der Waals surface area (Å²) in [6.07, 6.45) is -2.19. The van der Waals surface area contributed by atoms with Gasteiger partial charge < -0.3 is 5.73 Å². The summed E-state index contributed by atoms with van der Waals surface area (Å²) in [6, 6.07) is 1.14. The van der Waals surface area contributed by atoms with Gasteiger partial charge in [-0.1, -0.05) is 0 Å². The zero-order valence-electron chi connectivity index (χ0n) is 6.92. The molecule has 0 aromatic carbocycles. The molecule has 0 atom stereocenters. The fourth-order valence-electron chi connectivity index (χ4n) is 1.08. The lowest BCUT2D eigenvalue weighted by Crippen LogP contribution is -2.03. The van der Waals surface area contributed by atoms with Crippen molar-refractivity contribution < 1.29 is 13.6 Å². The smallest absolute Gasteiger partial charge is 0.267 e. The van der Waals surface area contributed by atoms with Crippen molar-refractivity contribution in [2.45, 2.75) is 13.3 Å². The molecule has 2 N–H and O–H groups in total. The molecule has 5 heteroatoms. The summed E-state index contributed by atoms with van der Waals surface area (Å²) in [7, 11) is 0. The van der Waals surface area contributed by atoms with Crippen molar-refractivity contribution in [3.05, 3.63) is 23.0 Å². The highest BCUT2D eigenvalue weighted by molar-refractivity contribution is 5.74. The van der Waals surface area contributed by atoms with Crippen molar-refractivity contribution in [1.82, 2.24) is 4.98 Å². The van der Waals surface area contributed by atoms with E-state index >= 15 is 0 Å². The fourth-order valence-corrected chi connectivity index (χ4v) is 1.08. The molecule has 3 nitrogen and oxygen atoms in total. The third kappa shape index (κ3) is 1.80. The van der Waals surface area contributed by atoms with E-state index in [0.717, 1.165) is 6.07 Å². The molecule has 0 amide bonds. The molecule has 0 spiro atoms. The SMILES string of the molecule is Cc1nc(C=O)cc(N)c1C(F)F. The van der Waals surface area contributed by atoms with Gasteiger partial charge in [0.2, 0.25) is 0 Å². The van der Waals surface area contributed by atoms with Crippen LogP contribution in [-0.2, 0) is 0 Å². The van der Waals surface area contributed by atoms with Gasteiger partial charge in [-0.05, 0) is 13.0 Å². The molecule has 0 bridgehead atoms. The summed E-state index contributed by atoms with van der Waals surface area (Å²) in [5.41, 5.74) is 5.09. The van der Waals surface area contributed by atoms with Crippen LogP contribution in [0.4, 0.5) is 14.5 Å². The van der Waals surface area contributed by atoms with E-state index in [2.05, 4.69) is 4.98 Å². The van der Waals surface area contributed by atoms with E-state index in [1.807, 2.05) is 0 Å². The van der Waals surface area contributed by atoms with Crippen LogP contribution in [0.15, 0.2) is 6.07 Å². The monoisotopic (exact) mass is 186 g/mol. The average molecular weight is 186 g/mol. The van der Waals surface area contributed by atoms with Gasteiger partial charge in [0.05, 0.1) is 5.56 Å². The first-order chi connectivity index (χ1) is 6.06. The number of nitrogens with two attached hydrogens (primary N) is 1. The number of pyridine rings is 1. The van der Waals surface area contributed by atoms with Gasteiger partial charge in [0.1, 0.15) is 5.69 Å². The summed E-state index contributed by atoms with van der Waals surface area (Å²) in [6.45, 7) is 1.39. The number of anilines is 1. The number of hydrogen-bond acceptors (Lipinski definition) is 3. The summed E-state index contributed by atoms with van der Waals surface area (Å²) >= 11 is 0. The molecule has 0 fully saturated rings. The largest absolute Gasteiger partial charge is 0.398 e. The van der Waals surface area contributed by atoms with Crippen molar-refractivity contribution in [1.29, 1.82) is 0 Å². The Morgan fingerprint density at radius 1 is 1.62 bits per heavy atom. The number of aldehydes is 1. The summed E-state index contributed by atoms with van der Waals surface area (Å²) < 4.78 is 24.6. The molecule has 0 aliphatic rings. The minimum atomic E-state index is -2.66. The van der Waals surface area contributed by atoms with Gasteiger partial charge in [0, 0.05) is 11.4 Å². The van der Waals surface area contributed by atoms with Gasteiger partial charge in [0.25, 0.3) is 6.43 Å². The van der Waals surface area contributed by atoms with Crippen LogP contribution in [0, 0.1) is 6.92 Å². The van der Waals surface area contributed by atoms with E-state index < -0.39 is 6.43 Å². The second kappa shape index (κ2) is 3.47. The molecule has 1 aromatic rings. The molecule has 0 saturated heterocycles. The van der Waals surface area contributed by atoms with E-state index in [1.54, 1.807) is 0 Å². The highest BCUT2D eigenvalue weighted by Gasteiger charge is 2.16. The number of nitrogens with zero attached hydrogens (tertiary/aromatic N) is 1. The Bertz CT molecular complexity index is 316. The predicted molar refractivity (Wildman–Crippen MR) is 43.7 cm³/mol. The maximum atomic E-state index is 12.3. The third-order valence-corrected chi connectivity index (χ3v) is 1.64. The number of nitrogen functional groups attached to an aromatic ring is 1. The summed E-state index contributed by atoms with van der Waals surface area (Å²) in [4.78, 5) is 13.9. The molecule has 0 aliphatic carbocycles. The number of alkyl halides is 2. The Kier molecular flexibility index (Phi) is 2.55. The van der Waals surface area contributed by atoms with Crippen LogP contribution in [-0.4, -0.2) is 11.3 Å². The highest BCUT2D eigenvalue weighted by Crippen LogP contribution is 2.27. The molecule has 0 saturated carbocycles. The summed E-state index contributed by atoms with van der Waals surface area (Å²) in [5.74, 6) is 0. The number of halogens is 2. The molecule has 70 valence electrons. The van der Waals surface area contributed by atoms with Crippen LogP contribution in [0.1, 0.15) is 28.2 Å². The van der Waals surface area contributed by atoms with Crippen LogP contribution in [0.2, 0.25) is 0 Å². The Morgan fingerprint density at radius 2 is 2.23 bits per heavy atom. The molecule has 0 radical (unpaired) electrons. The Balaban J connectivity index is 3.31. The van der Waals surface area contributed by atoms with Gasteiger partial charge in [-0.3, -0.25) is 4.79 Å². The van der Waals surface area contributed by atoms with Gasteiger partial charge in [-0.25, -0.2) is 13.8 Å². The Labute approximate surface area is 73.6 Å². The normalized spacial score (nSPS) is 10.5. The van der Waals surface area contributed by atoms with Crippen LogP contribution >= 0.6 is 0 Å². The fraction of sp³-hybridized carbons (Fsp3) is 0.250. The number of rotatable bonds is 2. The maximum Gasteiger partial charge on any atom is 0.267 e. The number of aromatic nitrogens is 1. The van der Waals surface area contributed by atoms with Crippen molar-refractivity contribution in [3.63, 3.8) is 0 Å². The standard InChI is InChI=1S/C8H8F2N2O/c1-4-7(8(9)10)6(11)2-5(3-13)12-4/h2-3,8H,1H3,(H2,11,12). The second-order valence-corrected chi connectivity index (χ2v) is 2.55. The van der Waals surface area contributed by atoms with E-state index in [1.165, 1.54) is 6.92 Å². The second-order valence-electron chi connectivity index (χ2n) is 2.55. The first kappa shape index (κ1) is 9.57. The van der Waals surface area contributed by atoms with Crippen molar-refractivity contribution >= 4 is 12.0 Å². The lowest BCUT2D eigenvalue weighted by Gasteiger charge is -2.07. The van der Waals surface area contributed by atoms with E-state index in [-0.39, 0.29) is 22.6 Å². The first-order valence-electron chi connectivity index (χ1n) is 3.56. The zero-order valence-corrected chi connectivity index (χ0v) is 6.92. The van der Waals surface area contributed by atoms with Gasteiger partial charge >= 0.3 is 0 Å². The molecular formula is C8H8F2N2O. The third-order valence-electron chi connectivity index (χ3n) is 1.64. The van der Waals surface area contributed by atoms with Crippen LogP contribution in [0.25, 0.3) is 0 Å². The quantitative estimate of drug-likeness (QED) is 0.715. The molecule has 13 heavy (non-hydrogen) atoms. The molecule has 1 aromatic heterocycles. The summed E-state index contributed by atoms with van der Waals surface area (Å²) in [5, 5.41) is 0. The Morgan fingerprint density at radius 3 is 2.62 bits per heavy atom. The van der Waals surface area contributed by atoms with E-state index in [4.69, 9.17) is 5.73 Å². The molecular weight excluding hydrogens is 178 g/mol. The van der Waals surface area contributed by atoms with Crippen LogP contribution in [0.3, 0.4) is 0 Å². The van der Waals surface area contributed by atoms with Crippen molar-refractivity contribution in [3.8, 4) is 0 Å². The van der Waals surface area contributed by atoms with Crippen molar-refractivity contribution in [2.24, 2.45) is 0 Å². The van der Waals surface area contributed by atoms with Crippen LogP contribution in [0.5, 0.6) is 0 Å². The number of carbonyl (C=O) groups is 1. The molecule has 1 heterocycles. The molecule has 1 rings (SSSR count). The zero-order chi connectivity index (χ0) is 10.0. The lowest BCUT2D eigenvalue weighted by molar-refractivity contribution is 0.111. The Hall–Kier alpha value is -1.52.